The Labute approximate surface area is 148 Å². The van der Waals surface area contributed by atoms with Gasteiger partial charge in [-0.15, -0.1) is 0 Å². The lowest BCUT2D eigenvalue weighted by atomic mass is 10.3. The molecule has 0 saturated carbocycles. The highest BCUT2D eigenvalue weighted by Gasteiger charge is 2.19. The fourth-order valence-corrected chi connectivity index (χ4v) is 3.37. The smallest absolute Gasteiger partial charge is 0.240 e. The van der Waals surface area contributed by atoms with E-state index >= 15 is 0 Å². The molecule has 1 aromatic rings. The monoisotopic (exact) mass is 371 g/mol. The molecule has 0 aromatic heterocycles. The van der Waals surface area contributed by atoms with Crippen molar-refractivity contribution in [3.8, 4) is 11.5 Å². The number of carbonyl (C=O) groups excluding carboxylic acids is 1. The number of amides is 1. The van der Waals surface area contributed by atoms with Crippen LogP contribution in [0.5, 0.6) is 11.5 Å². The first-order chi connectivity index (χ1) is 11.8. The number of hydrogen-bond acceptors (Lipinski definition) is 6. The molecule has 0 spiro atoms. The van der Waals surface area contributed by atoms with Crippen molar-refractivity contribution in [3.63, 3.8) is 0 Å². The van der Waals surface area contributed by atoms with E-state index in [2.05, 4.69) is 4.72 Å². The van der Waals surface area contributed by atoms with Gasteiger partial charge >= 0.3 is 0 Å². The second-order valence-corrected chi connectivity index (χ2v) is 7.78. The van der Waals surface area contributed by atoms with E-state index in [0.29, 0.717) is 44.3 Å². The van der Waals surface area contributed by atoms with Gasteiger partial charge in [-0.3, -0.25) is 4.79 Å². The first-order valence-corrected chi connectivity index (χ1v) is 9.57. The highest BCUT2D eigenvalue weighted by molar-refractivity contribution is 7.89. The molecular formula is C16H25N3O5S. The van der Waals surface area contributed by atoms with Crippen molar-refractivity contribution >= 4 is 15.9 Å². The van der Waals surface area contributed by atoms with Crippen LogP contribution in [-0.2, 0) is 14.8 Å². The van der Waals surface area contributed by atoms with Gasteiger partial charge in [-0.1, -0.05) is 0 Å². The van der Waals surface area contributed by atoms with Crippen LogP contribution in [0.2, 0.25) is 0 Å². The van der Waals surface area contributed by atoms with Crippen LogP contribution in [0.3, 0.4) is 0 Å². The van der Waals surface area contributed by atoms with Crippen molar-refractivity contribution in [2.75, 3.05) is 53.5 Å². The largest absolute Gasteiger partial charge is 0.486 e. The van der Waals surface area contributed by atoms with Crippen LogP contribution in [0.25, 0.3) is 0 Å². The zero-order valence-electron chi connectivity index (χ0n) is 14.8. The van der Waals surface area contributed by atoms with Gasteiger partial charge in [-0.2, -0.15) is 0 Å². The summed E-state index contributed by atoms with van der Waals surface area (Å²) in [6, 6.07) is 4.51. The Balaban J connectivity index is 1.95. The summed E-state index contributed by atoms with van der Waals surface area (Å²) < 4.78 is 38.2. The van der Waals surface area contributed by atoms with Crippen LogP contribution in [0, 0.1) is 0 Å². The van der Waals surface area contributed by atoms with E-state index in [1.54, 1.807) is 11.0 Å². The summed E-state index contributed by atoms with van der Waals surface area (Å²) in [5.41, 5.74) is 0. The fraction of sp³-hybridized carbons (Fsp3) is 0.562. The number of fused-ring (bicyclic) bond motifs is 1. The molecule has 25 heavy (non-hydrogen) atoms. The van der Waals surface area contributed by atoms with E-state index in [-0.39, 0.29) is 17.3 Å². The summed E-state index contributed by atoms with van der Waals surface area (Å²) in [7, 11) is 0.159. The lowest BCUT2D eigenvalue weighted by Crippen LogP contribution is -2.40. The van der Waals surface area contributed by atoms with Gasteiger partial charge in [0.25, 0.3) is 0 Å². The van der Waals surface area contributed by atoms with Gasteiger partial charge in [0.15, 0.2) is 11.5 Å². The van der Waals surface area contributed by atoms with Gasteiger partial charge in [-0.05, 0) is 26.2 Å². The molecule has 9 heteroatoms. The minimum atomic E-state index is -3.68. The van der Waals surface area contributed by atoms with Crippen molar-refractivity contribution in [3.05, 3.63) is 18.2 Å². The molecule has 1 aliphatic heterocycles. The number of benzene rings is 1. The molecule has 1 N–H and O–H groups in total. The zero-order chi connectivity index (χ0) is 18.4. The fourth-order valence-electron chi connectivity index (χ4n) is 2.34. The molecule has 140 valence electrons. The first kappa shape index (κ1) is 19.5. The molecule has 0 fully saturated rings. The molecule has 0 aliphatic carbocycles. The number of hydrogen-bond donors (Lipinski definition) is 1. The standard InChI is InChI=1S/C16H25N3O5S/c1-13(20)19(9-8-18(2)3)7-6-17-25(21,22)14-4-5-15-16(12-14)24-11-10-23-15/h4-5,12,17H,6-11H2,1-3H3. The number of ether oxygens (including phenoxy) is 2. The van der Waals surface area contributed by atoms with Gasteiger partial charge < -0.3 is 19.3 Å². The van der Waals surface area contributed by atoms with E-state index in [9.17, 15) is 13.2 Å². The van der Waals surface area contributed by atoms with Crippen LogP contribution in [0.1, 0.15) is 6.92 Å². The van der Waals surface area contributed by atoms with Crippen molar-refractivity contribution in [1.82, 2.24) is 14.5 Å². The lowest BCUT2D eigenvalue weighted by molar-refractivity contribution is -0.128. The van der Waals surface area contributed by atoms with Crippen molar-refractivity contribution in [2.45, 2.75) is 11.8 Å². The van der Waals surface area contributed by atoms with Crippen LogP contribution in [0.4, 0.5) is 0 Å². The van der Waals surface area contributed by atoms with Crippen LogP contribution in [0.15, 0.2) is 23.1 Å². The van der Waals surface area contributed by atoms with Crippen molar-refractivity contribution in [1.29, 1.82) is 0 Å². The number of carbonyl (C=O) groups is 1. The maximum absolute atomic E-state index is 12.4. The van der Waals surface area contributed by atoms with Gasteiger partial charge in [-0.25, -0.2) is 13.1 Å². The third-order valence-electron chi connectivity index (χ3n) is 3.76. The summed E-state index contributed by atoms with van der Waals surface area (Å²) >= 11 is 0. The maximum atomic E-state index is 12.4. The van der Waals surface area contributed by atoms with Gasteiger partial charge in [0, 0.05) is 39.2 Å². The molecule has 0 bridgehead atoms. The molecule has 1 aliphatic rings. The number of rotatable bonds is 8. The van der Waals surface area contributed by atoms with E-state index in [4.69, 9.17) is 9.47 Å². The second-order valence-electron chi connectivity index (χ2n) is 6.01. The summed E-state index contributed by atoms with van der Waals surface area (Å²) in [5, 5.41) is 0. The third kappa shape index (κ3) is 5.58. The number of nitrogens with one attached hydrogen (secondary N) is 1. The summed E-state index contributed by atoms with van der Waals surface area (Å²) in [6.07, 6.45) is 0. The SMILES string of the molecule is CC(=O)N(CCNS(=O)(=O)c1ccc2c(c1)OCCO2)CCN(C)C. The van der Waals surface area contributed by atoms with E-state index in [0.717, 1.165) is 0 Å². The molecule has 0 unspecified atom stereocenters. The molecule has 8 nitrogen and oxygen atoms in total. The zero-order valence-corrected chi connectivity index (χ0v) is 15.6. The molecule has 2 rings (SSSR count). The van der Waals surface area contributed by atoms with Gasteiger partial charge in [0.1, 0.15) is 13.2 Å². The van der Waals surface area contributed by atoms with Crippen molar-refractivity contribution < 1.29 is 22.7 Å². The van der Waals surface area contributed by atoms with E-state index in [1.807, 2.05) is 19.0 Å². The molecule has 0 saturated heterocycles. The highest BCUT2D eigenvalue weighted by Crippen LogP contribution is 2.32. The molecule has 0 atom stereocenters. The first-order valence-electron chi connectivity index (χ1n) is 8.09. The van der Waals surface area contributed by atoms with Crippen LogP contribution >= 0.6 is 0 Å². The molecule has 1 amide bonds. The minimum absolute atomic E-state index is 0.0830. The van der Waals surface area contributed by atoms with Crippen molar-refractivity contribution in [2.24, 2.45) is 0 Å². The topological polar surface area (TPSA) is 88.2 Å². The summed E-state index contributed by atoms with van der Waals surface area (Å²) in [6.45, 7) is 4.04. The average molecular weight is 371 g/mol. The number of sulfonamides is 1. The predicted molar refractivity (Wildman–Crippen MR) is 93.4 cm³/mol. The minimum Gasteiger partial charge on any atom is -0.486 e. The Morgan fingerprint density at radius 3 is 2.44 bits per heavy atom. The molecule has 1 aromatic carbocycles. The predicted octanol–water partition coefficient (Wildman–Crippen LogP) is 0.146. The number of likely N-dealkylation sites (N-methyl/N-ethyl adjacent to an activating group) is 1. The molecular weight excluding hydrogens is 346 g/mol. The average Bonchev–Trinajstić information content (AvgIpc) is 2.56. The second kappa shape index (κ2) is 8.50. The Bertz CT molecular complexity index is 706. The van der Waals surface area contributed by atoms with Gasteiger partial charge in [0.2, 0.25) is 15.9 Å². The van der Waals surface area contributed by atoms with Gasteiger partial charge in [0.05, 0.1) is 4.90 Å². The number of nitrogens with zero attached hydrogens (tertiary/aromatic N) is 2. The molecule has 1 heterocycles. The normalized spacial score (nSPS) is 13.8. The summed E-state index contributed by atoms with van der Waals surface area (Å²) in [5.74, 6) is 0.877. The quantitative estimate of drug-likeness (QED) is 0.700. The summed E-state index contributed by atoms with van der Waals surface area (Å²) in [4.78, 5) is 15.3. The lowest BCUT2D eigenvalue weighted by Gasteiger charge is -2.23. The van der Waals surface area contributed by atoms with Crippen LogP contribution in [-0.4, -0.2) is 77.6 Å². The van der Waals surface area contributed by atoms with Crippen LogP contribution < -0.4 is 14.2 Å². The Kier molecular flexibility index (Phi) is 6.63. The Morgan fingerprint density at radius 1 is 1.12 bits per heavy atom. The Hall–Kier alpha value is -1.84. The Morgan fingerprint density at radius 2 is 1.80 bits per heavy atom. The third-order valence-corrected chi connectivity index (χ3v) is 5.22. The van der Waals surface area contributed by atoms with E-state index < -0.39 is 10.0 Å². The molecule has 0 radical (unpaired) electrons. The maximum Gasteiger partial charge on any atom is 0.240 e. The van der Waals surface area contributed by atoms with E-state index in [1.165, 1.54) is 19.1 Å². The highest BCUT2D eigenvalue weighted by atomic mass is 32.2.